The molecule has 0 saturated heterocycles. The molecule has 1 heterocycles. The van der Waals surface area contributed by atoms with Gasteiger partial charge in [-0.15, -0.1) is 11.8 Å². The number of thioether (sulfide) groups is 1. The van der Waals surface area contributed by atoms with Crippen LogP contribution in [0.15, 0.2) is 33.7 Å². The van der Waals surface area contributed by atoms with E-state index in [0.29, 0.717) is 11.7 Å². The monoisotopic (exact) mass is 236 g/mol. The van der Waals surface area contributed by atoms with Crippen LogP contribution in [0.4, 0.5) is 0 Å². The molecule has 4 nitrogen and oxygen atoms in total. The fourth-order valence-corrected chi connectivity index (χ4v) is 1.66. The summed E-state index contributed by atoms with van der Waals surface area (Å²) in [5.41, 5.74) is 0.859. The van der Waals surface area contributed by atoms with Crippen LogP contribution in [-0.4, -0.2) is 21.5 Å². The first-order valence-corrected chi connectivity index (χ1v) is 6.09. The zero-order valence-corrected chi connectivity index (χ0v) is 9.86. The van der Waals surface area contributed by atoms with Crippen LogP contribution in [0.5, 0.6) is 0 Å². The third-order valence-electron chi connectivity index (χ3n) is 2.15. The van der Waals surface area contributed by atoms with E-state index in [2.05, 4.69) is 10.1 Å². The van der Waals surface area contributed by atoms with Gasteiger partial charge in [0.1, 0.15) is 6.10 Å². The van der Waals surface area contributed by atoms with E-state index in [4.69, 9.17) is 4.52 Å². The molecule has 0 radical (unpaired) electrons. The van der Waals surface area contributed by atoms with Gasteiger partial charge in [-0.3, -0.25) is 0 Å². The maximum absolute atomic E-state index is 9.28. The number of aromatic nitrogens is 2. The first-order chi connectivity index (χ1) is 7.70. The summed E-state index contributed by atoms with van der Waals surface area (Å²) in [7, 11) is 0. The van der Waals surface area contributed by atoms with Crippen molar-refractivity contribution in [3.63, 3.8) is 0 Å². The lowest BCUT2D eigenvalue weighted by Crippen LogP contribution is -1.92. The van der Waals surface area contributed by atoms with Gasteiger partial charge in [0.2, 0.25) is 0 Å². The number of aliphatic hydroxyl groups excluding tert-OH is 1. The maximum atomic E-state index is 9.28. The Hall–Kier alpha value is -1.33. The van der Waals surface area contributed by atoms with Crippen molar-refractivity contribution in [3.8, 4) is 11.5 Å². The van der Waals surface area contributed by atoms with Crippen LogP contribution in [0.25, 0.3) is 11.5 Å². The highest BCUT2D eigenvalue weighted by Gasteiger charge is 2.12. The molecule has 1 unspecified atom stereocenters. The SMILES string of the molecule is CSc1ccc(-c2nc(C(C)O)no2)cc1. The summed E-state index contributed by atoms with van der Waals surface area (Å²) in [6.45, 7) is 1.60. The molecule has 2 rings (SSSR count). The Morgan fingerprint density at radius 2 is 2.00 bits per heavy atom. The van der Waals surface area contributed by atoms with Crippen molar-refractivity contribution in [2.75, 3.05) is 6.26 Å². The highest BCUT2D eigenvalue weighted by atomic mass is 32.2. The summed E-state index contributed by atoms with van der Waals surface area (Å²) in [5.74, 6) is 0.743. The third-order valence-corrected chi connectivity index (χ3v) is 2.90. The van der Waals surface area contributed by atoms with Crippen molar-refractivity contribution in [2.45, 2.75) is 17.9 Å². The minimum absolute atomic E-state index is 0.309. The van der Waals surface area contributed by atoms with E-state index >= 15 is 0 Å². The largest absolute Gasteiger partial charge is 0.385 e. The Morgan fingerprint density at radius 3 is 2.50 bits per heavy atom. The van der Waals surface area contributed by atoms with Crippen LogP contribution < -0.4 is 0 Å². The molecule has 0 saturated carbocycles. The normalized spacial score (nSPS) is 12.7. The molecule has 0 amide bonds. The van der Waals surface area contributed by atoms with E-state index in [0.717, 1.165) is 5.56 Å². The molecule has 0 fully saturated rings. The maximum Gasteiger partial charge on any atom is 0.258 e. The molecule has 0 spiro atoms. The second-order valence-corrected chi connectivity index (χ2v) is 4.24. The predicted molar refractivity (Wildman–Crippen MR) is 62.1 cm³/mol. The van der Waals surface area contributed by atoms with Crippen LogP contribution in [0.3, 0.4) is 0 Å². The van der Waals surface area contributed by atoms with E-state index in [9.17, 15) is 5.11 Å². The molecule has 1 aromatic heterocycles. The van der Waals surface area contributed by atoms with Crippen molar-refractivity contribution >= 4 is 11.8 Å². The standard InChI is InChI=1S/C11H12N2O2S/c1-7(14)10-12-11(15-13-10)8-3-5-9(16-2)6-4-8/h3-7,14H,1-2H3. The quantitative estimate of drug-likeness (QED) is 0.830. The van der Waals surface area contributed by atoms with Gasteiger partial charge in [0.25, 0.3) is 5.89 Å². The molecular weight excluding hydrogens is 224 g/mol. The molecule has 5 heteroatoms. The topological polar surface area (TPSA) is 59.2 Å². The molecule has 0 aliphatic heterocycles. The van der Waals surface area contributed by atoms with E-state index in [1.165, 1.54) is 4.90 Å². The summed E-state index contributed by atoms with van der Waals surface area (Å²) in [6.07, 6.45) is 1.32. The average molecular weight is 236 g/mol. The summed E-state index contributed by atoms with van der Waals surface area (Å²) in [6, 6.07) is 7.83. The van der Waals surface area contributed by atoms with Crippen molar-refractivity contribution in [3.05, 3.63) is 30.1 Å². The van der Waals surface area contributed by atoms with Crippen LogP contribution in [-0.2, 0) is 0 Å². The van der Waals surface area contributed by atoms with Gasteiger partial charge in [0, 0.05) is 10.5 Å². The van der Waals surface area contributed by atoms with Gasteiger partial charge in [-0.2, -0.15) is 4.98 Å². The minimum atomic E-state index is -0.706. The van der Waals surface area contributed by atoms with Crippen LogP contribution >= 0.6 is 11.8 Å². The number of hydrogen-bond acceptors (Lipinski definition) is 5. The summed E-state index contributed by atoms with van der Waals surface area (Å²) < 4.78 is 5.06. The second kappa shape index (κ2) is 4.67. The van der Waals surface area contributed by atoms with Crippen molar-refractivity contribution in [2.24, 2.45) is 0 Å². The molecule has 0 bridgehead atoms. The lowest BCUT2D eigenvalue weighted by Gasteiger charge is -1.97. The van der Waals surface area contributed by atoms with Crippen LogP contribution in [0, 0.1) is 0 Å². The highest BCUT2D eigenvalue weighted by Crippen LogP contribution is 2.22. The zero-order valence-electron chi connectivity index (χ0n) is 9.04. The summed E-state index contributed by atoms with van der Waals surface area (Å²) >= 11 is 1.68. The molecule has 0 aliphatic carbocycles. The molecule has 2 aromatic rings. The van der Waals surface area contributed by atoms with E-state index in [1.54, 1.807) is 18.7 Å². The minimum Gasteiger partial charge on any atom is -0.385 e. The lowest BCUT2D eigenvalue weighted by atomic mass is 10.2. The number of aliphatic hydroxyl groups is 1. The van der Waals surface area contributed by atoms with Crippen molar-refractivity contribution in [1.82, 2.24) is 10.1 Å². The predicted octanol–water partition coefficient (Wildman–Crippen LogP) is 2.51. The van der Waals surface area contributed by atoms with Crippen LogP contribution in [0.2, 0.25) is 0 Å². The Labute approximate surface area is 97.7 Å². The van der Waals surface area contributed by atoms with Gasteiger partial charge in [-0.1, -0.05) is 5.16 Å². The zero-order chi connectivity index (χ0) is 11.5. The summed E-state index contributed by atoms with van der Waals surface area (Å²) in [4.78, 5) is 5.28. The highest BCUT2D eigenvalue weighted by molar-refractivity contribution is 7.98. The Balaban J connectivity index is 2.28. The third kappa shape index (κ3) is 2.25. The smallest absolute Gasteiger partial charge is 0.258 e. The molecule has 16 heavy (non-hydrogen) atoms. The molecule has 1 atom stereocenters. The van der Waals surface area contributed by atoms with Crippen molar-refractivity contribution < 1.29 is 9.63 Å². The Morgan fingerprint density at radius 1 is 1.31 bits per heavy atom. The van der Waals surface area contributed by atoms with Gasteiger partial charge in [0.05, 0.1) is 0 Å². The fraction of sp³-hybridized carbons (Fsp3) is 0.273. The van der Waals surface area contributed by atoms with E-state index in [1.807, 2.05) is 30.5 Å². The Kier molecular flexibility index (Phi) is 3.26. The first-order valence-electron chi connectivity index (χ1n) is 4.87. The fourth-order valence-electron chi connectivity index (χ4n) is 1.26. The van der Waals surface area contributed by atoms with Crippen molar-refractivity contribution in [1.29, 1.82) is 0 Å². The van der Waals surface area contributed by atoms with Gasteiger partial charge in [-0.05, 0) is 37.4 Å². The van der Waals surface area contributed by atoms with Gasteiger partial charge < -0.3 is 9.63 Å². The number of rotatable bonds is 3. The number of nitrogens with zero attached hydrogens (tertiary/aromatic N) is 2. The average Bonchev–Trinajstić information content (AvgIpc) is 2.78. The van der Waals surface area contributed by atoms with Gasteiger partial charge in [-0.25, -0.2) is 0 Å². The van der Waals surface area contributed by atoms with E-state index in [-0.39, 0.29) is 0 Å². The number of benzene rings is 1. The molecule has 84 valence electrons. The van der Waals surface area contributed by atoms with Gasteiger partial charge in [0.15, 0.2) is 5.82 Å². The first kappa shape index (κ1) is 11.2. The molecule has 1 aromatic carbocycles. The molecular formula is C11H12N2O2S. The van der Waals surface area contributed by atoms with E-state index < -0.39 is 6.10 Å². The van der Waals surface area contributed by atoms with Gasteiger partial charge >= 0.3 is 0 Å². The molecule has 0 aliphatic rings. The lowest BCUT2D eigenvalue weighted by molar-refractivity contribution is 0.184. The number of hydrogen-bond donors (Lipinski definition) is 1. The van der Waals surface area contributed by atoms with Crippen LogP contribution in [0.1, 0.15) is 18.9 Å². The second-order valence-electron chi connectivity index (χ2n) is 3.36. The Bertz CT molecular complexity index is 465. The molecule has 1 N–H and O–H groups in total. The summed E-state index contributed by atoms with van der Waals surface area (Å²) in [5, 5.41) is 13.0.